The molecule has 3 heteroatoms. The van der Waals surface area contributed by atoms with Crippen molar-refractivity contribution >= 4 is 5.71 Å². The first-order valence-electron chi connectivity index (χ1n) is 3.64. The van der Waals surface area contributed by atoms with Gasteiger partial charge in [0.2, 0.25) is 0 Å². The molecule has 10 heavy (non-hydrogen) atoms. The molecule has 0 bridgehead atoms. The van der Waals surface area contributed by atoms with Gasteiger partial charge in [-0.15, -0.1) is 0 Å². The Labute approximate surface area is 61.2 Å². The van der Waals surface area contributed by atoms with Crippen LogP contribution in [0, 0.1) is 0 Å². The van der Waals surface area contributed by atoms with E-state index in [0.717, 1.165) is 18.6 Å². The van der Waals surface area contributed by atoms with Crippen LogP contribution >= 0.6 is 0 Å². The van der Waals surface area contributed by atoms with Gasteiger partial charge >= 0.3 is 0 Å². The SMILES string of the molecule is CC[C@@]1(CN)CC(C)=NO1. The quantitative estimate of drug-likeness (QED) is 0.622. The van der Waals surface area contributed by atoms with Crippen molar-refractivity contribution in [2.24, 2.45) is 10.9 Å². The van der Waals surface area contributed by atoms with Crippen LogP contribution in [0.15, 0.2) is 5.16 Å². The van der Waals surface area contributed by atoms with Gasteiger partial charge in [0, 0.05) is 13.0 Å². The molecule has 0 fully saturated rings. The molecule has 0 saturated heterocycles. The maximum Gasteiger partial charge on any atom is 0.154 e. The zero-order valence-electron chi connectivity index (χ0n) is 6.55. The van der Waals surface area contributed by atoms with E-state index in [-0.39, 0.29) is 5.60 Å². The molecule has 3 nitrogen and oxygen atoms in total. The summed E-state index contributed by atoms with van der Waals surface area (Å²) in [5, 5.41) is 3.87. The Bertz CT molecular complexity index is 150. The fourth-order valence-corrected chi connectivity index (χ4v) is 1.15. The average Bonchev–Trinajstić information content (AvgIpc) is 2.33. The molecule has 2 N–H and O–H groups in total. The van der Waals surface area contributed by atoms with Gasteiger partial charge in [-0.3, -0.25) is 0 Å². The lowest BCUT2D eigenvalue weighted by molar-refractivity contribution is -0.0140. The number of rotatable bonds is 2. The Kier molecular flexibility index (Phi) is 1.94. The first-order chi connectivity index (χ1) is 4.72. The van der Waals surface area contributed by atoms with E-state index in [2.05, 4.69) is 12.1 Å². The van der Waals surface area contributed by atoms with Crippen molar-refractivity contribution in [3.63, 3.8) is 0 Å². The highest BCUT2D eigenvalue weighted by atomic mass is 16.7. The van der Waals surface area contributed by atoms with Crippen molar-refractivity contribution in [3.8, 4) is 0 Å². The van der Waals surface area contributed by atoms with Gasteiger partial charge < -0.3 is 10.6 Å². The summed E-state index contributed by atoms with van der Waals surface area (Å²) in [6, 6.07) is 0. The largest absolute Gasteiger partial charge is 0.388 e. The van der Waals surface area contributed by atoms with E-state index in [4.69, 9.17) is 10.6 Å². The van der Waals surface area contributed by atoms with E-state index in [1.54, 1.807) is 0 Å². The molecule has 1 aliphatic rings. The molecule has 0 aromatic carbocycles. The number of nitrogens with zero attached hydrogens (tertiary/aromatic N) is 1. The molecule has 1 atom stereocenters. The van der Waals surface area contributed by atoms with E-state index < -0.39 is 0 Å². The highest BCUT2D eigenvalue weighted by Crippen LogP contribution is 2.25. The molecule has 0 spiro atoms. The van der Waals surface area contributed by atoms with Crippen LogP contribution in [0.3, 0.4) is 0 Å². The zero-order valence-corrected chi connectivity index (χ0v) is 6.55. The number of oxime groups is 1. The first kappa shape index (κ1) is 7.54. The first-order valence-corrected chi connectivity index (χ1v) is 3.64. The third-order valence-electron chi connectivity index (χ3n) is 1.99. The van der Waals surface area contributed by atoms with Crippen molar-refractivity contribution in [1.82, 2.24) is 0 Å². The summed E-state index contributed by atoms with van der Waals surface area (Å²) in [6.45, 7) is 4.60. The predicted molar refractivity (Wildman–Crippen MR) is 40.9 cm³/mol. The fourth-order valence-electron chi connectivity index (χ4n) is 1.15. The highest BCUT2D eigenvalue weighted by molar-refractivity contribution is 5.83. The Morgan fingerprint density at radius 2 is 2.50 bits per heavy atom. The smallest absolute Gasteiger partial charge is 0.154 e. The van der Waals surface area contributed by atoms with Gasteiger partial charge in [-0.05, 0) is 13.3 Å². The normalized spacial score (nSPS) is 31.7. The molecule has 1 rings (SSSR count). The molecule has 0 amide bonds. The van der Waals surface area contributed by atoms with Crippen LogP contribution in [-0.2, 0) is 4.84 Å². The maximum atomic E-state index is 5.54. The molecule has 1 aliphatic heterocycles. The predicted octanol–water partition coefficient (Wildman–Crippen LogP) is 0.890. The van der Waals surface area contributed by atoms with Gasteiger partial charge in [0.25, 0.3) is 0 Å². The fraction of sp³-hybridized carbons (Fsp3) is 0.857. The van der Waals surface area contributed by atoms with Gasteiger partial charge in [-0.1, -0.05) is 12.1 Å². The zero-order chi connectivity index (χ0) is 7.61. The summed E-state index contributed by atoms with van der Waals surface area (Å²) < 4.78 is 0. The van der Waals surface area contributed by atoms with E-state index >= 15 is 0 Å². The van der Waals surface area contributed by atoms with E-state index in [1.165, 1.54) is 0 Å². The van der Waals surface area contributed by atoms with E-state index in [1.807, 2.05) is 6.92 Å². The van der Waals surface area contributed by atoms with Crippen molar-refractivity contribution in [1.29, 1.82) is 0 Å². The van der Waals surface area contributed by atoms with Crippen molar-refractivity contribution in [2.45, 2.75) is 32.3 Å². The van der Waals surface area contributed by atoms with Crippen molar-refractivity contribution < 1.29 is 4.84 Å². The minimum atomic E-state index is -0.177. The lowest BCUT2D eigenvalue weighted by Crippen LogP contribution is -2.37. The summed E-state index contributed by atoms with van der Waals surface area (Å²) in [5.41, 5.74) is 6.42. The van der Waals surface area contributed by atoms with Crippen molar-refractivity contribution in [3.05, 3.63) is 0 Å². The second-order valence-electron chi connectivity index (χ2n) is 2.84. The van der Waals surface area contributed by atoms with Crippen LogP contribution < -0.4 is 5.73 Å². The van der Waals surface area contributed by atoms with Gasteiger partial charge in [-0.2, -0.15) is 0 Å². The summed E-state index contributed by atoms with van der Waals surface area (Å²) in [6.07, 6.45) is 1.82. The minimum Gasteiger partial charge on any atom is -0.388 e. The molecular weight excluding hydrogens is 128 g/mol. The lowest BCUT2D eigenvalue weighted by atomic mass is 9.95. The lowest BCUT2D eigenvalue weighted by Gasteiger charge is -2.22. The standard InChI is InChI=1S/C7H14N2O/c1-3-7(5-8)4-6(2)9-10-7/h3-5,8H2,1-2H3/t7-/m0/s1. The van der Waals surface area contributed by atoms with Crippen molar-refractivity contribution in [2.75, 3.05) is 6.54 Å². The second-order valence-corrected chi connectivity index (χ2v) is 2.84. The number of hydrogen-bond donors (Lipinski definition) is 1. The second kappa shape index (κ2) is 2.58. The summed E-state index contributed by atoms with van der Waals surface area (Å²) in [7, 11) is 0. The molecular formula is C7H14N2O. The number of hydrogen-bond acceptors (Lipinski definition) is 3. The molecule has 0 aliphatic carbocycles. The molecule has 1 heterocycles. The Morgan fingerprint density at radius 1 is 1.80 bits per heavy atom. The topological polar surface area (TPSA) is 47.6 Å². The van der Waals surface area contributed by atoms with Crippen LogP contribution in [0.25, 0.3) is 0 Å². The van der Waals surface area contributed by atoms with Crippen LogP contribution in [0.1, 0.15) is 26.7 Å². The number of nitrogens with two attached hydrogens (primary N) is 1. The van der Waals surface area contributed by atoms with Crippen LogP contribution in [0.4, 0.5) is 0 Å². The van der Waals surface area contributed by atoms with Gasteiger partial charge in [0.05, 0.1) is 5.71 Å². The Balaban J connectivity index is 2.57. The van der Waals surface area contributed by atoms with Gasteiger partial charge in [0.15, 0.2) is 5.60 Å². The van der Waals surface area contributed by atoms with E-state index in [9.17, 15) is 0 Å². The monoisotopic (exact) mass is 142 g/mol. The van der Waals surface area contributed by atoms with Gasteiger partial charge in [-0.25, -0.2) is 0 Å². The minimum absolute atomic E-state index is 0.177. The van der Waals surface area contributed by atoms with E-state index in [0.29, 0.717) is 6.54 Å². The molecule has 0 unspecified atom stereocenters. The maximum absolute atomic E-state index is 5.54. The molecule has 58 valence electrons. The third-order valence-corrected chi connectivity index (χ3v) is 1.99. The van der Waals surface area contributed by atoms with Crippen LogP contribution in [0.2, 0.25) is 0 Å². The van der Waals surface area contributed by atoms with Gasteiger partial charge in [0.1, 0.15) is 0 Å². The summed E-state index contributed by atoms with van der Waals surface area (Å²) in [4.78, 5) is 5.21. The third kappa shape index (κ3) is 1.14. The summed E-state index contributed by atoms with van der Waals surface area (Å²) >= 11 is 0. The molecule has 0 radical (unpaired) electrons. The van der Waals surface area contributed by atoms with Crippen LogP contribution in [-0.4, -0.2) is 17.9 Å². The Hall–Kier alpha value is -0.570. The molecule has 0 aromatic rings. The molecule has 0 saturated carbocycles. The van der Waals surface area contributed by atoms with Crippen LogP contribution in [0.5, 0.6) is 0 Å². The summed E-state index contributed by atoms with van der Waals surface area (Å²) in [5.74, 6) is 0. The highest BCUT2D eigenvalue weighted by Gasteiger charge is 2.34. The Morgan fingerprint density at radius 3 is 2.70 bits per heavy atom. The average molecular weight is 142 g/mol. The molecule has 0 aromatic heterocycles.